The second kappa shape index (κ2) is 8.96. The molecule has 2 N–H and O–H groups in total. The Morgan fingerprint density at radius 3 is 2.45 bits per heavy atom. The van der Waals surface area contributed by atoms with Gasteiger partial charge >= 0.3 is 5.97 Å². The summed E-state index contributed by atoms with van der Waals surface area (Å²) in [5.41, 5.74) is 0.939. The van der Waals surface area contributed by atoms with E-state index in [1.165, 1.54) is 0 Å². The highest BCUT2D eigenvalue weighted by Crippen LogP contribution is 2.11. The van der Waals surface area contributed by atoms with Crippen LogP contribution < -0.4 is 10.1 Å². The Labute approximate surface area is 118 Å². The summed E-state index contributed by atoms with van der Waals surface area (Å²) in [5.74, 6) is -0.0190. The number of aliphatic carboxylic acids is 1. The van der Waals surface area contributed by atoms with Gasteiger partial charge in [-0.1, -0.05) is 18.6 Å². The number of ether oxygens (including phenoxy) is 1. The summed E-state index contributed by atoms with van der Waals surface area (Å²) in [5, 5.41) is 11.3. The lowest BCUT2D eigenvalue weighted by Gasteiger charge is -2.06. The lowest BCUT2D eigenvalue weighted by atomic mass is 10.1. The number of methoxy groups -OCH3 is 1. The molecule has 20 heavy (non-hydrogen) atoms. The molecule has 5 heteroatoms. The molecule has 0 aliphatic heterocycles. The Bertz CT molecular complexity index is 428. The van der Waals surface area contributed by atoms with Crippen LogP contribution >= 0.6 is 0 Å². The Morgan fingerprint density at radius 1 is 1.15 bits per heavy atom. The highest BCUT2D eigenvalue weighted by Gasteiger charge is 2.03. The van der Waals surface area contributed by atoms with E-state index in [1.807, 2.05) is 24.3 Å². The number of carbonyl (C=O) groups excluding carboxylic acids is 1. The molecule has 5 nitrogen and oxygen atoms in total. The Morgan fingerprint density at radius 2 is 1.85 bits per heavy atom. The van der Waals surface area contributed by atoms with E-state index in [4.69, 9.17) is 9.84 Å². The minimum atomic E-state index is -0.770. The van der Waals surface area contributed by atoms with E-state index in [-0.39, 0.29) is 12.3 Å². The summed E-state index contributed by atoms with van der Waals surface area (Å²) in [6.07, 6.45) is 2.82. The average molecular weight is 279 g/mol. The number of amides is 1. The minimum absolute atomic E-state index is 0.0200. The van der Waals surface area contributed by atoms with E-state index in [2.05, 4.69) is 5.32 Å². The van der Waals surface area contributed by atoms with Crippen LogP contribution in [0.1, 0.15) is 31.2 Å². The first-order valence-electron chi connectivity index (χ1n) is 6.73. The van der Waals surface area contributed by atoms with Gasteiger partial charge in [-0.2, -0.15) is 0 Å². The maximum absolute atomic E-state index is 11.7. The molecule has 0 fully saturated rings. The topological polar surface area (TPSA) is 75.6 Å². The van der Waals surface area contributed by atoms with E-state index in [9.17, 15) is 9.59 Å². The zero-order valence-electron chi connectivity index (χ0n) is 11.7. The van der Waals surface area contributed by atoms with Crippen molar-refractivity contribution in [3.8, 4) is 5.75 Å². The van der Waals surface area contributed by atoms with Gasteiger partial charge in [0.1, 0.15) is 5.75 Å². The number of carboxylic acid groups (broad SMARTS) is 1. The third-order valence-corrected chi connectivity index (χ3v) is 2.91. The van der Waals surface area contributed by atoms with Gasteiger partial charge < -0.3 is 15.2 Å². The number of unbranched alkanes of at least 4 members (excludes halogenated alkanes) is 2. The molecular formula is C15H21NO4. The van der Waals surface area contributed by atoms with Crippen LogP contribution in [0.25, 0.3) is 0 Å². The number of carboxylic acids is 1. The van der Waals surface area contributed by atoms with Crippen LogP contribution in [0.5, 0.6) is 5.75 Å². The molecule has 0 saturated carbocycles. The normalized spacial score (nSPS) is 10.1. The summed E-state index contributed by atoms with van der Waals surface area (Å²) in [6.45, 7) is 0.592. The van der Waals surface area contributed by atoms with Crippen LogP contribution in [-0.4, -0.2) is 30.6 Å². The molecule has 0 aliphatic rings. The van der Waals surface area contributed by atoms with Crippen LogP contribution in [-0.2, 0) is 16.0 Å². The lowest BCUT2D eigenvalue weighted by molar-refractivity contribution is -0.137. The fourth-order valence-corrected chi connectivity index (χ4v) is 1.80. The van der Waals surface area contributed by atoms with Crippen LogP contribution in [0.3, 0.4) is 0 Å². The highest BCUT2D eigenvalue weighted by atomic mass is 16.5. The standard InChI is InChI=1S/C15H21NO4/c1-20-13-8-6-12(7-9-13)11-14(17)16-10-4-2-3-5-15(18)19/h6-9H,2-5,10-11H2,1H3,(H,16,17)(H,18,19). The Kier molecular flexibility index (Phi) is 7.17. The van der Waals surface area contributed by atoms with Crippen LogP contribution in [0.4, 0.5) is 0 Å². The van der Waals surface area contributed by atoms with Crippen molar-refractivity contribution in [2.75, 3.05) is 13.7 Å². The molecule has 0 spiro atoms. The molecule has 110 valence electrons. The first-order valence-corrected chi connectivity index (χ1v) is 6.73. The van der Waals surface area contributed by atoms with Crippen LogP contribution in [0.15, 0.2) is 24.3 Å². The fourth-order valence-electron chi connectivity index (χ4n) is 1.80. The summed E-state index contributed by atoms with van der Waals surface area (Å²) < 4.78 is 5.05. The maximum atomic E-state index is 11.7. The van der Waals surface area contributed by atoms with Gasteiger partial charge in [0.15, 0.2) is 0 Å². The van der Waals surface area contributed by atoms with E-state index >= 15 is 0 Å². The third kappa shape index (κ3) is 6.78. The minimum Gasteiger partial charge on any atom is -0.497 e. The zero-order valence-corrected chi connectivity index (χ0v) is 11.7. The van der Waals surface area contributed by atoms with Gasteiger partial charge in [0.2, 0.25) is 5.91 Å². The molecule has 0 saturated heterocycles. The first kappa shape index (κ1) is 16.0. The van der Waals surface area contributed by atoms with Gasteiger partial charge in [0, 0.05) is 13.0 Å². The molecule has 0 aromatic heterocycles. The molecule has 0 unspecified atom stereocenters. The number of benzene rings is 1. The molecule has 0 aliphatic carbocycles. The molecule has 1 aromatic carbocycles. The molecule has 1 aromatic rings. The highest BCUT2D eigenvalue weighted by molar-refractivity contribution is 5.78. The predicted octanol–water partition coefficient (Wildman–Crippen LogP) is 2.00. The Balaban J connectivity index is 2.15. The van der Waals surface area contributed by atoms with Crippen molar-refractivity contribution < 1.29 is 19.4 Å². The van der Waals surface area contributed by atoms with Crippen molar-refractivity contribution >= 4 is 11.9 Å². The summed E-state index contributed by atoms with van der Waals surface area (Å²) in [7, 11) is 1.60. The van der Waals surface area contributed by atoms with E-state index in [1.54, 1.807) is 7.11 Å². The molecule has 0 heterocycles. The number of hydrogen-bond acceptors (Lipinski definition) is 3. The van der Waals surface area contributed by atoms with Crippen LogP contribution in [0.2, 0.25) is 0 Å². The van der Waals surface area contributed by atoms with Gasteiger partial charge in [-0.05, 0) is 30.5 Å². The predicted molar refractivity (Wildman–Crippen MR) is 75.8 cm³/mol. The van der Waals surface area contributed by atoms with Crippen molar-refractivity contribution in [2.45, 2.75) is 32.1 Å². The van der Waals surface area contributed by atoms with Gasteiger partial charge in [-0.3, -0.25) is 9.59 Å². The number of nitrogens with one attached hydrogen (secondary N) is 1. The third-order valence-electron chi connectivity index (χ3n) is 2.91. The first-order chi connectivity index (χ1) is 9.61. The van der Waals surface area contributed by atoms with E-state index in [0.717, 1.165) is 24.2 Å². The quantitative estimate of drug-likeness (QED) is 0.678. The molecule has 1 rings (SSSR count). The summed E-state index contributed by atoms with van der Waals surface area (Å²) in [4.78, 5) is 22.0. The van der Waals surface area contributed by atoms with Gasteiger partial charge in [0.05, 0.1) is 13.5 Å². The Hall–Kier alpha value is -2.04. The lowest BCUT2D eigenvalue weighted by Crippen LogP contribution is -2.26. The van der Waals surface area contributed by atoms with Crippen molar-refractivity contribution in [2.24, 2.45) is 0 Å². The van der Waals surface area contributed by atoms with Gasteiger partial charge in [0.25, 0.3) is 0 Å². The van der Waals surface area contributed by atoms with Crippen molar-refractivity contribution in [1.29, 1.82) is 0 Å². The van der Waals surface area contributed by atoms with Crippen molar-refractivity contribution in [3.63, 3.8) is 0 Å². The number of carbonyl (C=O) groups is 2. The van der Waals surface area contributed by atoms with Crippen molar-refractivity contribution in [3.05, 3.63) is 29.8 Å². The molecule has 0 radical (unpaired) electrons. The number of hydrogen-bond donors (Lipinski definition) is 2. The van der Waals surface area contributed by atoms with E-state index in [0.29, 0.717) is 19.4 Å². The van der Waals surface area contributed by atoms with Crippen molar-refractivity contribution in [1.82, 2.24) is 5.32 Å². The van der Waals surface area contributed by atoms with Gasteiger partial charge in [-0.25, -0.2) is 0 Å². The smallest absolute Gasteiger partial charge is 0.303 e. The summed E-state index contributed by atoms with van der Waals surface area (Å²) in [6, 6.07) is 7.39. The molecule has 0 bridgehead atoms. The molecule has 1 amide bonds. The monoisotopic (exact) mass is 279 g/mol. The summed E-state index contributed by atoms with van der Waals surface area (Å²) >= 11 is 0. The van der Waals surface area contributed by atoms with E-state index < -0.39 is 5.97 Å². The second-order valence-electron chi connectivity index (χ2n) is 4.58. The molecular weight excluding hydrogens is 258 g/mol. The molecule has 0 atom stereocenters. The number of rotatable bonds is 9. The maximum Gasteiger partial charge on any atom is 0.303 e. The second-order valence-corrected chi connectivity index (χ2v) is 4.58. The SMILES string of the molecule is COc1ccc(CC(=O)NCCCCCC(=O)O)cc1. The zero-order chi connectivity index (χ0) is 14.8. The van der Waals surface area contributed by atoms with Crippen LogP contribution in [0, 0.1) is 0 Å². The fraction of sp³-hybridized carbons (Fsp3) is 0.467. The average Bonchev–Trinajstić information content (AvgIpc) is 2.43. The van der Waals surface area contributed by atoms with Gasteiger partial charge in [-0.15, -0.1) is 0 Å². The largest absolute Gasteiger partial charge is 0.497 e.